The predicted octanol–water partition coefficient (Wildman–Crippen LogP) is -2.50. The Morgan fingerprint density at radius 2 is 2.00 bits per heavy atom. The van der Waals surface area contributed by atoms with Crippen LogP contribution in [-0.4, -0.2) is 78.1 Å². The average molecular weight is 356 g/mol. The van der Waals surface area contributed by atoms with E-state index in [1.165, 1.54) is 0 Å². The largest absolute Gasteiger partial charge is 0.481 e. The molecule has 2 amide bonds. The maximum absolute atomic E-state index is 12.6. The minimum absolute atomic E-state index is 0.119. The minimum Gasteiger partial charge on any atom is -0.481 e. The molecule has 1 aliphatic heterocycles. The maximum Gasteiger partial charge on any atom is 0.305 e. The normalized spacial score (nSPS) is 19.6. The van der Waals surface area contributed by atoms with Crippen LogP contribution in [0.4, 0.5) is 0 Å². The monoisotopic (exact) mass is 356 g/mol. The zero-order valence-electron chi connectivity index (χ0n) is 14.3. The second kappa shape index (κ2) is 9.35. The zero-order valence-corrected chi connectivity index (χ0v) is 14.3. The van der Waals surface area contributed by atoms with E-state index in [9.17, 15) is 24.0 Å². The van der Waals surface area contributed by atoms with Crippen LogP contribution in [-0.2, 0) is 24.0 Å². The van der Waals surface area contributed by atoms with Crippen molar-refractivity contribution >= 4 is 29.4 Å². The number of nitrogens with zero attached hydrogens (tertiary/aromatic N) is 1. The number of carbonyl (C=O) groups excluding carboxylic acids is 4. The van der Waals surface area contributed by atoms with Crippen molar-refractivity contribution < 1.29 is 29.1 Å². The molecule has 1 unspecified atom stereocenters. The van der Waals surface area contributed by atoms with Crippen molar-refractivity contribution in [3.63, 3.8) is 0 Å². The second-order valence-electron chi connectivity index (χ2n) is 5.91. The fourth-order valence-electron chi connectivity index (χ4n) is 2.52. The molecule has 0 saturated carbocycles. The molecule has 0 spiro atoms. The van der Waals surface area contributed by atoms with E-state index < -0.39 is 48.0 Å². The molecule has 0 bridgehead atoms. The highest BCUT2D eigenvalue weighted by Gasteiger charge is 2.40. The Morgan fingerprint density at radius 3 is 2.52 bits per heavy atom. The number of rotatable bonds is 10. The Bertz CT molecular complexity index is 564. The molecule has 3 atom stereocenters. The fourth-order valence-corrected chi connectivity index (χ4v) is 2.52. The highest BCUT2D eigenvalue weighted by Crippen LogP contribution is 2.21. The molecule has 10 heteroatoms. The molecule has 1 fully saturated rings. The van der Waals surface area contributed by atoms with Gasteiger partial charge in [-0.25, -0.2) is 0 Å². The van der Waals surface area contributed by atoms with E-state index >= 15 is 0 Å². The van der Waals surface area contributed by atoms with Crippen LogP contribution in [0, 0.1) is 5.92 Å². The highest BCUT2D eigenvalue weighted by molar-refractivity contribution is 6.02. The topological polar surface area (TPSA) is 159 Å². The minimum atomic E-state index is -1.21. The van der Waals surface area contributed by atoms with Gasteiger partial charge in [-0.05, 0) is 14.0 Å². The van der Waals surface area contributed by atoms with E-state index in [1.807, 2.05) is 0 Å². The first-order valence-corrected chi connectivity index (χ1v) is 7.93. The molecule has 1 rings (SSSR count). The number of amides is 2. The molecular weight excluding hydrogens is 332 g/mol. The lowest BCUT2D eigenvalue weighted by Gasteiger charge is -2.20. The predicted molar refractivity (Wildman–Crippen MR) is 86.5 cm³/mol. The quantitative estimate of drug-likeness (QED) is 0.332. The van der Waals surface area contributed by atoms with E-state index in [2.05, 4.69) is 10.6 Å². The highest BCUT2D eigenvalue weighted by atomic mass is 16.4. The number of imide groups is 1. The Balaban J connectivity index is 2.77. The van der Waals surface area contributed by atoms with Gasteiger partial charge in [0.05, 0.1) is 31.6 Å². The van der Waals surface area contributed by atoms with Crippen LogP contribution < -0.4 is 16.4 Å². The Labute approximate surface area is 145 Å². The van der Waals surface area contributed by atoms with Crippen molar-refractivity contribution in [2.24, 2.45) is 11.7 Å². The van der Waals surface area contributed by atoms with Gasteiger partial charge >= 0.3 is 5.97 Å². The molecular formula is C15H24N4O6. The molecule has 1 saturated heterocycles. The van der Waals surface area contributed by atoms with Crippen molar-refractivity contribution in [3.05, 3.63) is 0 Å². The number of likely N-dealkylation sites (N-methyl/N-ethyl adjacent to an activating group) is 1. The lowest BCUT2D eigenvalue weighted by Crippen LogP contribution is -2.47. The number of hydrogen-bond donors (Lipinski definition) is 4. The molecule has 0 aromatic carbocycles. The van der Waals surface area contributed by atoms with Gasteiger partial charge in [-0.15, -0.1) is 0 Å². The summed E-state index contributed by atoms with van der Waals surface area (Å²) < 4.78 is 0. The number of ketones is 2. The van der Waals surface area contributed by atoms with Crippen molar-refractivity contribution in [2.75, 3.05) is 26.7 Å². The van der Waals surface area contributed by atoms with E-state index in [0.29, 0.717) is 0 Å². The lowest BCUT2D eigenvalue weighted by molar-refractivity contribution is -0.141. The van der Waals surface area contributed by atoms with Crippen LogP contribution in [0.25, 0.3) is 0 Å². The third kappa shape index (κ3) is 5.69. The summed E-state index contributed by atoms with van der Waals surface area (Å²) in [4.78, 5) is 59.7. The van der Waals surface area contributed by atoms with Crippen LogP contribution in [0.5, 0.6) is 0 Å². The van der Waals surface area contributed by atoms with E-state index in [4.69, 9.17) is 10.8 Å². The van der Waals surface area contributed by atoms with Gasteiger partial charge in [-0.3, -0.25) is 28.9 Å². The number of carboxylic acid groups (broad SMARTS) is 1. The van der Waals surface area contributed by atoms with E-state index in [0.717, 1.165) is 4.90 Å². The van der Waals surface area contributed by atoms with Gasteiger partial charge in [0.2, 0.25) is 11.8 Å². The molecule has 5 N–H and O–H groups in total. The molecule has 0 radical (unpaired) electrons. The first kappa shape index (κ1) is 20.9. The van der Waals surface area contributed by atoms with Crippen LogP contribution in [0.2, 0.25) is 0 Å². The van der Waals surface area contributed by atoms with Gasteiger partial charge in [0, 0.05) is 18.9 Å². The number of nitrogens with two attached hydrogens (primary N) is 1. The van der Waals surface area contributed by atoms with Crippen molar-refractivity contribution in [1.29, 1.82) is 0 Å². The maximum atomic E-state index is 12.6. The third-order valence-corrected chi connectivity index (χ3v) is 4.16. The molecule has 10 nitrogen and oxygen atoms in total. The molecule has 0 aromatic heterocycles. The summed E-state index contributed by atoms with van der Waals surface area (Å²) in [6, 6.07) is -1.56. The van der Waals surface area contributed by atoms with Crippen molar-refractivity contribution in [1.82, 2.24) is 15.5 Å². The fraction of sp³-hybridized carbons (Fsp3) is 0.667. The summed E-state index contributed by atoms with van der Waals surface area (Å²) in [7, 11) is 1.61. The van der Waals surface area contributed by atoms with Gasteiger partial charge in [0.15, 0.2) is 11.6 Å². The van der Waals surface area contributed by atoms with Crippen molar-refractivity contribution in [3.8, 4) is 0 Å². The number of nitrogens with one attached hydrogen (secondary N) is 2. The molecule has 0 aromatic rings. The van der Waals surface area contributed by atoms with Gasteiger partial charge in [-0.2, -0.15) is 0 Å². The molecule has 1 heterocycles. The Hall–Kier alpha value is -2.17. The van der Waals surface area contributed by atoms with E-state index in [-0.39, 0.29) is 31.8 Å². The van der Waals surface area contributed by atoms with Crippen LogP contribution >= 0.6 is 0 Å². The number of aliphatic carboxylic acids is 1. The first-order valence-electron chi connectivity index (χ1n) is 7.93. The van der Waals surface area contributed by atoms with Crippen LogP contribution in [0.15, 0.2) is 0 Å². The standard InChI is InChI=1S/C15H24N4O6/c1-8(17-2)11(20)6-18-10(4-14(23)24)15(25)9-3-12(21)19(7-9)13(22)5-16/h8-10,17-18H,3-7,16H2,1-2H3,(H,23,24)/t8-,9?,10-/m0/s1. The number of carbonyl (C=O) groups is 5. The lowest BCUT2D eigenvalue weighted by atomic mass is 9.95. The number of carboxylic acids is 1. The van der Waals surface area contributed by atoms with E-state index in [1.54, 1.807) is 14.0 Å². The summed E-state index contributed by atoms with van der Waals surface area (Å²) >= 11 is 0. The summed E-state index contributed by atoms with van der Waals surface area (Å²) in [5.41, 5.74) is 5.22. The number of hydrogen-bond acceptors (Lipinski definition) is 8. The third-order valence-electron chi connectivity index (χ3n) is 4.16. The number of likely N-dealkylation sites (tertiary alicyclic amines) is 1. The zero-order chi connectivity index (χ0) is 19.1. The summed E-state index contributed by atoms with van der Waals surface area (Å²) in [6.07, 6.45) is -0.696. The second-order valence-corrected chi connectivity index (χ2v) is 5.91. The Kier molecular flexibility index (Phi) is 7.81. The summed E-state index contributed by atoms with van der Waals surface area (Å²) in [6.45, 7) is 0.994. The summed E-state index contributed by atoms with van der Waals surface area (Å²) in [5.74, 6) is -3.85. The van der Waals surface area contributed by atoms with Gasteiger partial charge < -0.3 is 21.5 Å². The molecule has 140 valence electrons. The molecule has 0 aliphatic carbocycles. The summed E-state index contributed by atoms with van der Waals surface area (Å²) in [5, 5.41) is 14.4. The Morgan fingerprint density at radius 1 is 1.36 bits per heavy atom. The van der Waals surface area contributed by atoms with Crippen molar-refractivity contribution in [2.45, 2.75) is 31.8 Å². The smallest absolute Gasteiger partial charge is 0.305 e. The van der Waals surface area contributed by atoms with Crippen LogP contribution in [0.3, 0.4) is 0 Å². The molecule has 1 aliphatic rings. The number of Topliss-reactive ketones (excluding diaryl/α,β-unsaturated/α-hetero) is 2. The average Bonchev–Trinajstić information content (AvgIpc) is 2.97. The first-order chi connectivity index (χ1) is 11.7. The van der Waals surface area contributed by atoms with Gasteiger partial charge in [0.1, 0.15) is 0 Å². The van der Waals surface area contributed by atoms with Crippen LogP contribution in [0.1, 0.15) is 19.8 Å². The SMILES string of the molecule is CN[C@@H](C)C(=O)CN[C@@H](CC(=O)O)C(=O)C1CC(=O)N(C(=O)CN)C1. The molecule has 25 heavy (non-hydrogen) atoms. The van der Waals surface area contributed by atoms with Gasteiger partial charge in [-0.1, -0.05) is 0 Å². The van der Waals surface area contributed by atoms with Gasteiger partial charge in [0.25, 0.3) is 0 Å².